The Balaban J connectivity index is 2.54. The molecule has 2 rings (SSSR count). The van der Waals surface area contributed by atoms with E-state index < -0.39 is 11.9 Å². The van der Waals surface area contributed by atoms with E-state index in [4.69, 9.17) is 11.6 Å². The zero-order valence-corrected chi connectivity index (χ0v) is 11.6. The molecule has 0 aliphatic heterocycles. The fourth-order valence-corrected chi connectivity index (χ4v) is 2.31. The number of carboxylic acids is 1. The molecule has 0 heterocycles. The van der Waals surface area contributed by atoms with E-state index in [9.17, 15) is 9.90 Å². The van der Waals surface area contributed by atoms with Crippen LogP contribution >= 0.6 is 11.6 Å². The second-order valence-corrected chi connectivity index (χ2v) is 5.12. The molecule has 0 bridgehead atoms. The summed E-state index contributed by atoms with van der Waals surface area (Å²) in [6.07, 6.45) is 0. The molecule has 1 N–H and O–H groups in total. The predicted octanol–water partition coefficient (Wildman–Crippen LogP) is 4.17. The third-order valence-electron chi connectivity index (χ3n) is 3.20. The normalized spacial score (nSPS) is 12.2. The summed E-state index contributed by atoms with van der Waals surface area (Å²) in [5, 5.41) is 10.1. The smallest absolute Gasteiger partial charge is 0.315 e. The quantitative estimate of drug-likeness (QED) is 0.912. The number of carboxylic acid groups (broad SMARTS) is 1. The lowest BCUT2D eigenvalue weighted by Gasteiger charge is -2.16. The van der Waals surface area contributed by atoms with Gasteiger partial charge in [-0.2, -0.15) is 0 Å². The summed E-state index contributed by atoms with van der Waals surface area (Å²) in [5.41, 5.74) is 3.61. The minimum Gasteiger partial charge on any atom is -0.481 e. The van der Waals surface area contributed by atoms with Crippen molar-refractivity contribution in [2.45, 2.75) is 19.8 Å². The van der Waals surface area contributed by atoms with Gasteiger partial charge in [0, 0.05) is 5.02 Å². The summed E-state index contributed by atoms with van der Waals surface area (Å²) >= 11 is 5.85. The maximum Gasteiger partial charge on any atom is 0.315 e. The first-order valence-corrected chi connectivity index (χ1v) is 6.42. The molecule has 0 aromatic heterocycles. The van der Waals surface area contributed by atoms with Crippen molar-refractivity contribution < 1.29 is 9.90 Å². The van der Waals surface area contributed by atoms with Gasteiger partial charge in [-0.3, -0.25) is 4.79 Å². The Morgan fingerprint density at radius 2 is 1.74 bits per heavy atom. The highest BCUT2D eigenvalue weighted by Gasteiger charge is 2.23. The summed E-state index contributed by atoms with van der Waals surface area (Å²) in [6, 6.07) is 12.8. The average molecular weight is 275 g/mol. The lowest BCUT2D eigenvalue weighted by Crippen LogP contribution is -2.14. The van der Waals surface area contributed by atoms with E-state index in [1.54, 1.807) is 24.3 Å². The number of benzene rings is 2. The van der Waals surface area contributed by atoms with E-state index in [0.29, 0.717) is 5.02 Å². The monoisotopic (exact) mass is 274 g/mol. The number of aryl methyl sites for hydroxylation is 2. The predicted molar refractivity (Wildman–Crippen MR) is 76.8 cm³/mol. The van der Waals surface area contributed by atoms with Crippen LogP contribution in [0.5, 0.6) is 0 Å². The highest BCUT2D eigenvalue weighted by Crippen LogP contribution is 2.29. The largest absolute Gasteiger partial charge is 0.481 e. The standard InChI is InChI=1S/C16H15ClO2/c1-10-3-4-11(2)14(9-10)15(16(18)19)12-5-7-13(17)8-6-12/h3-9,15H,1-2H3,(H,18,19). The van der Waals surface area contributed by atoms with Crippen molar-refractivity contribution in [3.63, 3.8) is 0 Å². The first kappa shape index (κ1) is 13.6. The zero-order chi connectivity index (χ0) is 14.0. The zero-order valence-electron chi connectivity index (χ0n) is 10.9. The molecule has 3 heteroatoms. The van der Waals surface area contributed by atoms with E-state index >= 15 is 0 Å². The molecule has 0 fully saturated rings. The molecule has 1 unspecified atom stereocenters. The van der Waals surface area contributed by atoms with Crippen LogP contribution in [-0.4, -0.2) is 11.1 Å². The van der Waals surface area contributed by atoms with Gasteiger partial charge in [0.15, 0.2) is 0 Å². The lowest BCUT2D eigenvalue weighted by atomic mass is 9.87. The van der Waals surface area contributed by atoms with Crippen LogP contribution in [0.3, 0.4) is 0 Å². The summed E-state index contributed by atoms with van der Waals surface area (Å²) in [4.78, 5) is 11.6. The van der Waals surface area contributed by atoms with Gasteiger partial charge in [-0.1, -0.05) is 47.5 Å². The van der Waals surface area contributed by atoms with E-state index in [1.165, 1.54) is 0 Å². The number of rotatable bonds is 3. The minimum absolute atomic E-state index is 0.605. The van der Waals surface area contributed by atoms with Gasteiger partial charge in [0.25, 0.3) is 0 Å². The van der Waals surface area contributed by atoms with Gasteiger partial charge < -0.3 is 5.11 Å². The maximum absolute atomic E-state index is 11.6. The van der Waals surface area contributed by atoms with E-state index in [2.05, 4.69) is 0 Å². The fraction of sp³-hybridized carbons (Fsp3) is 0.188. The Bertz CT molecular complexity index is 603. The molecule has 0 spiro atoms. The maximum atomic E-state index is 11.6. The molecule has 2 aromatic carbocycles. The van der Waals surface area contributed by atoms with Gasteiger partial charge in [0.2, 0.25) is 0 Å². The summed E-state index contributed by atoms with van der Waals surface area (Å²) < 4.78 is 0. The highest BCUT2D eigenvalue weighted by molar-refractivity contribution is 6.30. The third-order valence-corrected chi connectivity index (χ3v) is 3.45. The van der Waals surface area contributed by atoms with Crippen molar-refractivity contribution in [3.8, 4) is 0 Å². The SMILES string of the molecule is Cc1ccc(C)c(C(C(=O)O)c2ccc(Cl)cc2)c1. The first-order valence-electron chi connectivity index (χ1n) is 6.04. The first-order chi connectivity index (χ1) is 8.99. The van der Waals surface area contributed by atoms with Crippen molar-refractivity contribution in [2.75, 3.05) is 0 Å². The van der Waals surface area contributed by atoms with Crippen LogP contribution in [0.4, 0.5) is 0 Å². The molecule has 0 saturated carbocycles. The van der Waals surface area contributed by atoms with Gasteiger partial charge in [0.1, 0.15) is 5.92 Å². The Morgan fingerprint density at radius 3 is 2.32 bits per heavy atom. The topological polar surface area (TPSA) is 37.3 Å². The highest BCUT2D eigenvalue weighted by atomic mass is 35.5. The fourth-order valence-electron chi connectivity index (χ4n) is 2.18. The molecule has 2 nitrogen and oxygen atoms in total. The summed E-state index contributed by atoms with van der Waals surface area (Å²) in [7, 11) is 0. The van der Waals surface area contributed by atoms with Crippen molar-refractivity contribution in [1.29, 1.82) is 0 Å². The molecule has 0 aliphatic rings. The molecule has 0 saturated heterocycles. The Morgan fingerprint density at radius 1 is 1.11 bits per heavy atom. The van der Waals surface area contributed by atoms with Crippen LogP contribution in [0, 0.1) is 13.8 Å². The van der Waals surface area contributed by atoms with Gasteiger partial charge in [-0.05, 0) is 42.7 Å². The second-order valence-electron chi connectivity index (χ2n) is 4.68. The molecule has 0 aliphatic carbocycles. The van der Waals surface area contributed by atoms with Crippen LogP contribution in [0.25, 0.3) is 0 Å². The van der Waals surface area contributed by atoms with Crippen LogP contribution in [0.1, 0.15) is 28.2 Å². The van der Waals surface area contributed by atoms with Gasteiger partial charge >= 0.3 is 5.97 Å². The summed E-state index contributed by atoms with van der Waals surface area (Å²) in [6.45, 7) is 3.89. The number of hydrogen-bond donors (Lipinski definition) is 1. The molecular weight excluding hydrogens is 260 g/mol. The molecule has 2 aromatic rings. The van der Waals surface area contributed by atoms with Crippen molar-refractivity contribution in [3.05, 3.63) is 69.7 Å². The molecule has 1 atom stereocenters. The lowest BCUT2D eigenvalue weighted by molar-refractivity contribution is -0.137. The molecule has 19 heavy (non-hydrogen) atoms. The number of halogens is 1. The second kappa shape index (κ2) is 5.45. The van der Waals surface area contributed by atoms with Gasteiger partial charge in [-0.25, -0.2) is 0 Å². The van der Waals surface area contributed by atoms with Crippen LogP contribution in [0.15, 0.2) is 42.5 Å². The van der Waals surface area contributed by atoms with Gasteiger partial charge in [-0.15, -0.1) is 0 Å². The number of hydrogen-bond acceptors (Lipinski definition) is 1. The van der Waals surface area contributed by atoms with E-state index in [-0.39, 0.29) is 0 Å². The van der Waals surface area contributed by atoms with Crippen LogP contribution in [-0.2, 0) is 4.79 Å². The van der Waals surface area contributed by atoms with Crippen LogP contribution < -0.4 is 0 Å². The minimum atomic E-state index is -0.851. The third kappa shape index (κ3) is 2.96. The Labute approximate surface area is 117 Å². The van der Waals surface area contributed by atoms with E-state index in [0.717, 1.165) is 22.3 Å². The average Bonchev–Trinajstić information content (AvgIpc) is 2.36. The van der Waals surface area contributed by atoms with Crippen molar-refractivity contribution in [2.24, 2.45) is 0 Å². The molecular formula is C16H15ClO2. The Kier molecular flexibility index (Phi) is 3.91. The molecule has 0 amide bonds. The summed E-state index contributed by atoms with van der Waals surface area (Å²) in [5.74, 6) is -1.51. The van der Waals surface area contributed by atoms with E-state index in [1.807, 2.05) is 32.0 Å². The van der Waals surface area contributed by atoms with Gasteiger partial charge in [0.05, 0.1) is 0 Å². The van der Waals surface area contributed by atoms with Crippen LogP contribution in [0.2, 0.25) is 5.02 Å². The molecule has 98 valence electrons. The Hall–Kier alpha value is -1.80. The van der Waals surface area contributed by atoms with Crippen molar-refractivity contribution >= 4 is 17.6 Å². The van der Waals surface area contributed by atoms with Crippen molar-refractivity contribution in [1.82, 2.24) is 0 Å². The number of carbonyl (C=O) groups is 1. The number of aliphatic carboxylic acids is 1. The molecule has 0 radical (unpaired) electrons.